The van der Waals surface area contributed by atoms with Gasteiger partial charge in [-0.05, 0) is 12.1 Å². The number of hydrogen-bond donors (Lipinski definition) is 0. The van der Waals surface area contributed by atoms with Gasteiger partial charge in [-0.3, -0.25) is 0 Å². The molecule has 1 unspecified atom stereocenters. The molecule has 0 amide bonds. The van der Waals surface area contributed by atoms with Crippen molar-refractivity contribution < 1.29 is 22.3 Å². The molecule has 1 aliphatic rings. The molecule has 2 rings (SSSR count). The van der Waals surface area contributed by atoms with Gasteiger partial charge in [0.1, 0.15) is 5.75 Å². The third-order valence-corrected chi connectivity index (χ3v) is 2.04. The lowest BCUT2D eigenvalue weighted by atomic mass is 10.1. The van der Waals surface area contributed by atoms with Crippen LogP contribution in [-0.4, -0.2) is 12.0 Å². The zero-order chi connectivity index (χ0) is 11.1. The largest absolute Gasteiger partial charge is 0.464 e. The first-order valence-corrected chi connectivity index (χ1v) is 4.15. The minimum atomic E-state index is -5.07. The highest BCUT2D eigenvalue weighted by Crippen LogP contribution is 2.41. The van der Waals surface area contributed by atoms with E-state index in [9.17, 15) is 17.6 Å². The normalized spacial score (nSPS) is 24.5. The highest BCUT2D eigenvalue weighted by Gasteiger charge is 2.58. The van der Waals surface area contributed by atoms with Crippen LogP contribution in [-0.2, 0) is 0 Å². The van der Waals surface area contributed by atoms with E-state index in [1.165, 1.54) is 12.1 Å². The molecule has 1 atom stereocenters. The SMILES string of the molecule is FC(F)(F)C1(F)C=Cc2ccccc2O1. The molecule has 1 aliphatic heterocycles. The minimum absolute atomic E-state index is 0.111. The molecule has 1 nitrogen and oxygen atoms in total. The molecule has 0 fully saturated rings. The number of ether oxygens (including phenoxy) is 1. The molecule has 0 N–H and O–H groups in total. The number of fused-ring (bicyclic) bond motifs is 1. The maximum Gasteiger partial charge on any atom is 0.464 e. The van der Waals surface area contributed by atoms with Crippen molar-refractivity contribution in [3.05, 3.63) is 35.9 Å². The molecule has 1 aromatic rings. The molecule has 1 heterocycles. The van der Waals surface area contributed by atoms with Crippen LogP contribution in [0.5, 0.6) is 5.75 Å². The molecule has 0 aromatic heterocycles. The van der Waals surface area contributed by atoms with Crippen LogP contribution < -0.4 is 4.74 Å². The van der Waals surface area contributed by atoms with E-state index in [2.05, 4.69) is 4.74 Å². The average Bonchev–Trinajstić information content (AvgIpc) is 2.16. The Bertz CT molecular complexity index is 410. The summed E-state index contributed by atoms with van der Waals surface area (Å²) in [5, 5.41) is 0. The van der Waals surface area contributed by atoms with Gasteiger partial charge >= 0.3 is 12.0 Å². The van der Waals surface area contributed by atoms with E-state index in [0.717, 1.165) is 6.08 Å². The van der Waals surface area contributed by atoms with E-state index in [0.29, 0.717) is 11.6 Å². The van der Waals surface area contributed by atoms with E-state index in [-0.39, 0.29) is 5.75 Å². The third kappa shape index (κ3) is 1.58. The first kappa shape index (κ1) is 10.0. The number of alkyl halides is 4. The van der Waals surface area contributed by atoms with E-state index in [1.807, 2.05) is 0 Å². The Morgan fingerprint density at radius 2 is 1.80 bits per heavy atom. The van der Waals surface area contributed by atoms with Crippen molar-refractivity contribution in [2.45, 2.75) is 12.0 Å². The van der Waals surface area contributed by atoms with Gasteiger partial charge in [0.2, 0.25) is 0 Å². The number of benzene rings is 1. The molecular formula is C10H6F4O. The van der Waals surface area contributed by atoms with Gasteiger partial charge in [-0.15, -0.1) is 0 Å². The lowest BCUT2D eigenvalue weighted by Crippen LogP contribution is -2.45. The summed E-state index contributed by atoms with van der Waals surface area (Å²) in [5.74, 6) is -3.83. The second kappa shape index (κ2) is 2.98. The summed E-state index contributed by atoms with van der Waals surface area (Å²) in [6.07, 6.45) is -3.64. The van der Waals surface area contributed by atoms with Crippen molar-refractivity contribution in [1.82, 2.24) is 0 Å². The number of hydrogen-bond acceptors (Lipinski definition) is 1. The van der Waals surface area contributed by atoms with Crippen LogP contribution in [0.25, 0.3) is 6.08 Å². The molecule has 0 radical (unpaired) electrons. The summed E-state index contributed by atoms with van der Waals surface area (Å²) in [6.45, 7) is 0. The maximum atomic E-state index is 13.3. The summed E-state index contributed by atoms with van der Waals surface area (Å²) >= 11 is 0. The average molecular weight is 218 g/mol. The topological polar surface area (TPSA) is 9.23 Å². The van der Waals surface area contributed by atoms with Crippen LogP contribution in [0.1, 0.15) is 5.56 Å². The summed E-state index contributed by atoms with van der Waals surface area (Å²) in [7, 11) is 0. The molecular weight excluding hydrogens is 212 g/mol. The van der Waals surface area contributed by atoms with E-state index in [1.54, 1.807) is 12.1 Å². The summed E-state index contributed by atoms with van der Waals surface area (Å²) in [4.78, 5) is 0. The Morgan fingerprint density at radius 3 is 2.47 bits per heavy atom. The van der Waals surface area contributed by atoms with Gasteiger partial charge in [-0.2, -0.15) is 17.6 Å². The molecule has 1 aromatic carbocycles. The number of para-hydroxylation sites is 1. The van der Waals surface area contributed by atoms with Gasteiger partial charge in [0.15, 0.2) is 0 Å². The van der Waals surface area contributed by atoms with Crippen LogP contribution in [0.15, 0.2) is 30.3 Å². The predicted octanol–water partition coefficient (Wildman–Crippen LogP) is 3.32. The lowest BCUT2D eigenvalue weighted by Gasteiger charge is -2.29. The molecule has 5 heteroatoms. The highest BCUT2D eigenvalue weighted by molar-refractivity contribution is 5.60. The fourth-order valence-electron chi connectivity index (χ4n) is 1.25. The van der Waals surface area contributed by atoms with Crippen LogP contribution in [0.3, 0.4) is 0 Å². The fraction of sp³-hybridized carbons (Fsp3) is 0.200. The molecule has 15 heavy (non-hydrogen) atoms. The smallest absolute Gasteiger partial charge is 0.446 e. The highest BCUT2D eigenvalue weighted by atomic mass is 19.4. The van der Waals surface area contributed by atoms with Gasteiger partial charge < -0.3 is 4.74 Å². The molecule has 0 bridgehead atoms. The third-order valence-electron chi connectivity index (χ3n) is 2.04. The maximum absolute atomic E-state index is 13.3. The van der Waals surface area contributed by atoms with E-state index < -0.39 is 12.0 Å². The summed E-state index contributed by atoms with van der Waals surface area (Å²) < 4.78 is 54.4. The standard InChI is InChI=1S/C10H6F4O/c11-9(10(12,13)14)6-5-7-3-1-2-4-8(7)15-9/h1-6H. The Kier molecular flexibility index (Phi) is 1.99. The lowest BCUT2D eigenvalue weighted by molar-refractivity contribution is -0.279. The van der Waals surface area contributed by atoms with Crippen molar-refractivity contribution in [3.8, 4) is 5.75 Å². The summed E-state index contributed by atoms with van der Waals surface area (Å²) in [6, 6.07) is 5.95. The molecule has 0 spiro atoms. The van der Waals surface area contributed by atoms with Gasteiger partial charge in [0.05, 0.1) is 0 Å². The Balaban J connectivity index is 2.42. The Morgan fingerprint density at radius 1 is 1.13 bits per heavy atom. The van der Waals surface area contributed by atoms with Gasteiger partial charge in [-0.25, -0.2) is 0 Å². The Labute approximate surface area is 83.0 Å². The summed E-state index contributed by atoms with van der Waals surface area (Å²) in [5.41, 5.74) is 0.426. The van der Waals surface area contributed by atoms with Crippen molar-refractivity contribution in [2.75, 3.05) is 0 Å². The second-order valence-electron chi connectivity index (χ2n) is 3.12. The first-order chi connectivity index (χ1) is 6.92. The zero-order valence-electron chi connectivity index (χ0n) is 7.38. The van der Waals surface area contributed by atoms with Crippen LogP contribution in [0.2, 0.25) is 0 Å². The van der Waals surface area contributed by atoms with Gasteiger partial charge in [-0.1, -0.05) is 18.2 Å². The molecule has 80 valence electrons. The monoisotopic (exact) mass is 218 g/mol. The Hall–Kier alpha value is -1.52. The second-order valence-corrected chi connectivity index (χ2v) is 3.12. The quantitative estimate of drug-likeness (QED) is 0.607. The van der Waals surface area contributed by atoms with Crippen molar-refractivity contribution in [1.29, 1.82) is 0 Å². The van der Waals surface area contributed by atoms with E-state index in [4.69, 9.17) is 0 Å². The molecule has 0 saturated carbocycles. The number of halogens is 4. The molecule has 0 saturated heterocycles. The van der Waals surface area contributed by atoms with Crippen molar-refractivity contribution >= 4 is 6.08 Å². The van der Waals surface area contributed by atoms with Crippen LogP contribution in [0, 0.1) is 0 Å². The molecule has 0 aliphatic carbocycles. The van der Waals surface area contributed by atoms with Gasteiger partial charge in [0, 0.05) is 11.6 Å². The van der Waals surface area contributed by atoms with Crippen molar-refractivity contribution in [2.24, 2.45) is 0 Å². The zero-order valence-corrected chi connectivity index (χ0v) is 7.38. The predicted molar refractivity (Wildman–Crippen MR) is 46.0 cm³/mol. The fourth-order valence-corrected chi connectivity index (χ4v) is 1.25. The number of rotatable bonds is 0. The van der Waals surface area contributed by atoms with Gasteiger partial charge in [0.25, 0.3) is 0 Å². The van der Waals surface area contributed by atoms with Crippen LogP contribution >= 0.6 is 0 Å². The van der Waals surface area contributed by atoms with E-state index >= 15 is 0 Å². The van der Waals surface area contributed by atoms with Crippen molar-refractivity contribution in [3.63, 3.8) is 0 Å². The minimum Gasteiger partial charge on any atom is -0.446 e. The first-order valence-electron chi connectivity index (χ1n) is 4.15. The van der Waals surface area contributed by atoms with Crippen LogP contribution in [0.4, 0.5) is 17.6 Å².